The summed E-state index contributed by atoms with van der Waals surface area (Å²) in [4.78, 5) is 27.7. The van der Waals surface area contributed by atoms with Crippen molar-refractivity contribution < 1.29 is 14.5 Å². The van der Waals surface area contributed by atoms with Gasteiger partial charge in [0.25, 0.3) is 11.6 Å². The number of methoxy groups -OCH3 is 1. The smallest absolute Gasteiger partial charge is 0.278 e. The van der Waals surface area contributed by atoms with Crippen LogP contribution in [0.1, 0.15) is 16.2 Å². The number of amides is 1. The lowest BCUT2D eigenvalue weighted by molar-refractivity contribution is -0.384. The van der Waals surface area contributed by atoms with Crippen LogP contribution in [0.4, 0.5) is 11.4 Å². The molecule has 10 nitrogen and oxygen atoms in total. The highest BCUT2D eigenvalue weighted by atomic mass is 16.6. The van der Waals surface area contributed by atoms with Crippen LogP contribution in [-0.2, 0) is 0 Å². The first kappa shape index (κ1) is 19.0. The van der Waals surface area contributed by atoms with Gasteiger partial charge in [0.1, 0.15) is 11.3 Å². The van der Waals surface area contributed by atoms with Crippen LogP contribution in [0, 0.1) is 17.0 Å². The van der Waals surface area contributed by atoms with E-state index >= 15 is 0 Å². The average molecular weight is 404 g/mol. The molecule has 10 heteroatoms. The second kappa shape index (κ2) is 7.59. The Balaban J connectivity index is 1.67. The molecule has 0 aliphatic heterocycles. The number of anilines is 1. The molecule has 150 valence electrons. The number of hydrogen-bond donors (Lipinski definition) is 1. The zero-order valence-corrected chi connectivity index (χ0v) is 16.1. The van der Waals surface area contributed by atoms with Gasteiger partial charge in [-0.25, -0.2) is 4.68 Å². The predicted octanol–water partition coefficient (Wildman–Crippen LogP) is 3.29. The topological polar surface area (TPSA) is 125 Å². The molecule has 4 aromatic rings. The molecule has 0 unspecified atom stereocenters. The first-order chi connectivity index (χ1) is 14.5. The van der Waals surface area contributed by atoms with E-state index in [9.17, 15) is 14.9 Å². The Morgan fingerprint density at radius 1 is 1.20 bits per heavy atom. The SMILES string of the molecule is COc1ccc(NC(=O)c2nnn(-c3cccc([N+](=O)[O-])c3)c2C)c2cccnc12. The first-order valence-corrected chi connectivity index (χ1v) is 8.90. The van der Waals surface area contributed by atoms with Gasteiger partial charge in [0.15, 0.2) is 5.69 Å². The fourth-order valence-corrected chi connectivity index (χ4v) is 3.12. The maximum absolute atomic E-state index is 12.9. The zero-order chi connectivity index (χ0) is 21.3. The van der Waals surface area contributed by atoms with E-state index in [2.05, 4.69) is 20.6 Å². The van der Waals surface area contributed by atoms with E-state index in [0.717, 1.165) is 0 Å². The number of carbonyl (C=O) groups is 1. The number of non-ortho nitro benzene ring substituents is 1. The second-order valence-electron chi connectivity index (χ2n) is 6.38. The quantitative estimate of drug-likeness (QED) is 0.400. The number of rotatable bonds is 5. The second-order valence-corrected chi connectivity index (χ2v) is 6.38. The third-order valence-electron chi connectivity index (χ3n) is 4.60. The summed E-state index contributed by atoms with van der Waals surface area (Å²) in [5.74, 6) is 0.135. The number of nitro benzene ring substituents is 1. The number of nitrogens with zero attached hydrogens (tertiary/aromatic N) is 5. The Morgan fingerprint density at radius 3 is 2.80 bits per heavy atom. The third kappa shape index (κ3) is 3.30. The minimum absolute atomic E-state index is 0.0781. The van der Waals surface area contributed by atoms with Crippen molar-refractivity contribution in [3.63, 3.8) is 0 Å². The zero-order valence-electron chi connectivity index (χ0n) is 16.1. The summed E-state index contributed by atoms with van der Waals surface area (Å²) in [6, 6.07) is 13.0. The lowest BCUT2D eigenvalue weighted by Crippen LogP contribution is -2.14. The molecule has 0 spiro atoms. The number of pyridine rings is 1. The fraction of sp³-hybridized carbons (Fsp3) is 0.100. The van der Waals surface area contributed by atoms with Gasteiger partial charge in [-0.3, -0.25) is 19.9 Å². The molecule has 2 aromatic carbocycles. The summed E-state index contributed by atoms with van der Waals surface area (Å²) in [7, 11) is 1.55. The van der Waals surface area contributed by atoms with Crippen LogP contribution in [0.5, 0.6) is 5.75 Å². The molecule has 1 amide bonds. The highest BCUT2D eigenvalue weighted by Gasteiger charge is 2.20. The van der Waals surface area contributed by atoms with Crippen LogP contribution in [0.25, 0.3) is 16.6 Å². The summed E-state index contributed by atoms with van der Waals surface area (Å²) in [6.45, 7) is 1.67. The lowest BCUT2D eigenvalue weighted by atomic mass is 10.1. The van der Waals surface area contributed by atoms with E-state index in [1.807, 2.05) is 6.07 Å². The number of fused-ring (bicyclic) bond motifs is 1. The van der Waals surface area contributed by atoms with E-state index in [-0.39, 0.29) is 11.4 Å². The molecule has 0 saturated carbocycles. The van der Waals surface area contributed by atoms with Crippen molar-refractivity contribution in [3.05, 3.63) is 76.2 Å². The fourth-order valence-electron chi connectivity index (χ4n) is 3.12. The number of ether oxygens (including phenoxy) is 1. The van der Waals surface area contributed by atoms with Crippen molar-refractivity contribution in [3.8, 4) is 11.4 Å². The van der Waals surface area contributed by atoms with Gasteiger partial charge < -0.3 is 10.1 Å². The van der Waals surface area contributed by atoms with Gasteiger partial charge in [-0.1, -0.05) is 11.3 Å². The molecular weight excluding hydrogens is 388 g/mol. The molecule has 2 aromatic heterocycles. The van der Waals surface area contributed by atoms with E-state index < -0.39 is 10.8 Å². The molecule has 0 aliphatic rings. The van der Waals surface area contributed by atoms with Crippen molar-refractivity contribution in [2.24, 2.45) is 0 Å². The molecular formula is C20H16N6O4. The molecule has 0 radical (unpaired) electrons. The van der Waals surface area contributed by atoms with Gasteiger partial charge in [0, 0.05) is 23.7 Å². The predicted molar refractivity (Wildman–Crippen MR) is 109 cm³/mol. The Kier molecular flexibility index (Phi) is 4.80. The van der Waals surface area contributed by atoms with E-state index in [0.29, 0.717) is 33.7 Å². The van der Waals surface area contributed by atoms with Crippen LogP contribution in [-0.4, -0.2) is 37.9 Å². The van der Waals surface area contributed by atoms with Crippen molar-refractivity contribution in [2.45, 2.75) is 6.92 Å². The molecule has 0 saturated heterocycles. The van der Waals surface area contributed by atoms with Crippen LogP contribution < -0.4 is 10.1 Å². The molecule has 4 rings (SSSR count). The van der Waals surface area contributed by atoms with Gasteiger partial charge in [-0.05, 0) is 37.3 Å². The van der Waals surface area contributed by atoms with Crippen molar-refractivity contribution in [2.75, 3.05) is 12.4 Å². The first-order valence-electron chi connectivity index (χ1n) is 8.90. The van der Waals surface area contributed by atoms with Crippen LogP contribution in [0.3, 0.4) is 0 Å². The molecule has 0 fully saturated rings. The van der Waals surface area contributed by atoms with Gasteiger partial charge in [0.2, 0.25) is 0 Å². The summed E-state index contributed by atoms with van der Waals surface area (Å²) in [6.07, 6.45) is 1.64. The normalized spacial score (nSPS) is 10.7. The van der Waals surface area contributed by atoms with Crippen molar-refractivity contribution in [1.82, 2.24) is 20.0 Å². The summed E-state index contributed by atoms with van der Waals surface area (Å²) in [5.41, 5.74) is 2.08. The Hall–Kier alpha value is -4.34. The minimum atomic E-state index is -0.494. The molecule has 0 bridgehead atoms. The van der Waals surface area contributed by atoms with Crippen LogP contribution >= 0.6 is 0 Å². The molecule has 30 heavy (non-hydrogen) atoms. The highest BCUT2D eigenvalue weighted by Crippen LogP contribution is 2.30. The Labute approximate surface area is 170 Å². The van der Waals surface area contributed by atoms with Crippen LogP contribution in [0.15, 0.2) is 54.7 Å². The van der Waals surface area contributed by atoms with Gasteiger partial charge >= 0.3 is 0 Å². The standard InChI is InChI=1S/C20H16N6O4/c1-12-18(23-24-25(12)13-5-3-6-14(11-13)26(28)29)20(27)22-16-8-9-17(30-2)19-15(16)7-4-10-21-19/h3-11H,1-2H3,(H,22,27). The number of benzene rings is 2. The molecule has 2 heterocycles. The maximum Gasteiger partial charge on any atom is 0.278 e. The number of carbonyl (C=O) groups excluding carboxylic acids is 1. The summed E-state index contributed by atoms with van der Waals surface area (Å²) < 4.78 is 6.71. The Morgan fingerprint density at radius 2 is 2.03 bits per heavy atom. The number of aromatic nitrogens is 4. The van der Waals surface area contributed by atoms with Gasteiger partial charge in [0.05, 0.1) is 29.1 Å². The summed E-state index contributed by atoms with van der Waals surface area (Å²) >= 11 is 0. The Bertz CT molecular complexity index is 1280. The van der Waals surface area contributed by atoms with E-state index in [1.165, 1.54) is 16.8 Å². The lowest BCUT2D eigenvalue weighted by Gasteiger charge is -2.10. The monoisotopic (exact) mass is 404 g/mol. The highest BCUT2D eigenvalue weighted by molar-refractivity contribution is 6.09. The minimum Gasteiger partial charge on any atom is -0.494 e. The van der Waals surface area contributed by atoms with E-state index in [4.69, 9.17) is 4.74 Å². The van der Waals surface area contributed by atoms with Crippen molar-refractivity contribution in [1.29, 1.82) is 0 Å². The molecule has 0 atom stereocenters. The summed E-state index contributed by atoms with van der Waals surface area (Å²) in [5, 5.41) is 22.5. The van der Waals surface area contributed by atoms with E-state index in [1.54, 1.807) is 50.6 Å². The molecule has 0 aliphatic carbocycles. The van der Waals surface area contributed by atoms with Gasteiger partial charge in [-0.15, -0.1) is 5.10 Å². The maximum atomic E-state index is 12.9. The average Bonchev–Trinajstić information content (AvgIpc) is 3.15. The van der Waals surface area contributed by atoms with Crippen molar-refractivity contribution >= 4 is 28.2 Å². The third-order valence-corrected chi connectivity index (χ3v) is 4.60. The number of hydrogen-bond acceptors (Lipinski definition) is 7. The van der Waals surface area contributed by atoms with Crippen LogP contribution in [0.2, 0.25) is 0 Å². The molecule has 1 N–H and O–H groups in total. The largest absolute Gasteiger partial charge is 0.494 e. The van der Waals surface area contributed by atoms with Gasteiger partial charge in [-0.2, -0.15) is 0 Å². The number of nitrogens with one attached hydrogen (secondary N) is 1. The number of nitro groups is 1.